The molecule has 1 aromatic carbocycles. The highest BCUT2D eigenvalue weighted by atomic mass is 33.1. The zero-order valence-corrected chi connectivity index (χ0v) is 9.88. The van der Waals surface area contributed by atoms with Gasteiger partial charge in [-0.2, -0.15) is 0 Å². The number of hydrogen-bond donors (Lipinski definition) is 1. The molecule has 2 rings (SSSR count). The molecule has 1 N–H and O–H groups in total. The molecular formula is C10H9NO3S2. The Kier molecular flexibility index (Phi) is 3.52. The molecule has 0 saturated carbocycles. The van der Waals surface area contributed by atoms with Gasteiger partial charge in [0.2, 0.25) is 0 Å². The van der Waals surface area contributed by atoms with Gasteiger partial charge < -0.3 is 4.55 Å². The first-order valence-electron chi connectivity index (χ1n) is 4.64. The van der Waals surface area contributed by atoms with E-state index in [0.717, 1.165) is 0 Å². The van der Waals surface area contributed by atoms with Crippen LogP contribution in [0.4, 0.5) is 0 Å². The number of carbonyl (C=O) groups is 2. The van der Waals surface area contributed by atoms with Gasteiger partial charge in [0.15, 0.2) is 0 Å². The molecule has 84 valence electrons. The smallest absolute Gasteiger partial charge is 0.261 e. The van der Waals surface area contributed by atoms with Crippen molar-refractivity contribution >= 4 is 33.7 Å². The summed E-state index contributed by atoms with van der Waals surface area (Å²) in [6.07, 6.45) is 0. The summed E-state index contributed by atoms with van der Waals surface area (Å²) in [5.74, 6) is 0.0281. The second kappa shape index (κ2) is 4.90. The zero-order chi connectivity index (χ0) is 11.5. The maximum Gasteiger partial charge on any atom is 0.261 e. The van der Waals surface area contributed by atoms with E-state index >= 15 is 0 Å². The lowest BCUT2D eigenvalue weighted by Crippen LogP contribution is -2.31. The number of nitrogens with zero attached hydrogens (tertiary/aromatic N) is 1. The minimum Gasteiger partial charge on any atom is -0.321 e. The molecule has 0 atom stereocenters. The Bertz CT molecular complexity index is 401. The van der Waals surface area contributed by atoms with Gasteiger partial charge in [-0.05, 0) is 12.1 Å². The van der Waals surface area contributed by atoms with Gasteiger partial charge in [0.1, 0.15) is 0 Å². The summed E-state index contributed by atoms with van der Waals surface area (Å²) >= 11 is 0.639. The van der Waals surface area contributed by atoms with Crippen molar-refractivity contribution in [3.63, 3.8) is 0 Å². The van der Waals surface area contributed by atoms with Gasteiger partial charge in [-0.1, -0.05) is 22.9 Å². The van der Waals surface area contributed by atoms with Crippen LogP contribution in [-0.2, 0) is 0 Å². The molecule has 0 unspecified atom stereocenters. The molecule has 1 aliphatic heterocycles. The lowest BCUT2D eigenvalue weighted by atomic mass is 10.1. The van der Waals surface area contributed by atoms with E-state index in [4.69, 9.17) is 4.55 Å². The Hall–Kier alpha value is -0.980. The first-order valence-corrected chi connectivity index (χ1v) is 6.91. The summed E-state index contributed by atoms with van der Waals surface area (Å²) in [5.41, 5.74) is 0.934. The molecule has 0 spiro atoms. The van der Waals surface area contributed by atoms with Crippen molar-refractivity contribution in [2.45, 2.75) is 0 Å². The van der Waals surface area contributed by atoms with E-state index in [1.807, 2.05) is 0 Å². The number of imide groups is 1. The molecule has 0 bridgehead atoms. The third kappa shape index (κ3) is 1.95. The molecule has 0 aliphatic carbocycles. The number of carbonyl (C=O) groups excluding carboxylic acids is 2. The summed E-state index contributed by atoms with van der Waals surface area (Å²) in [4.78, 5) is 24.9. The minimum absolute atomic E-state index is 0.246. The second-order valence-corrected chi connectivity index (χ2v) is 5.15. The topological polar surface area (TPSA) is 57.6 Å². The second-order valence-electron chi connectivity index (χ2n) is 3.20. The standard InChI is InChI=1S/C10H9NO3S2/c12-9-7-3-1-2-4-8(7)10(13)11(9)5-6-15-16-14/h1-4,14H,5-6H2. The van der Waals surface area contributed by atoms with Crippen LogP contribution in [0.25, 0.3) is 0 Å². The van der Waals surface area contributed by atoms with Gasteiger partial charge in [0, 0.05) is 12.3 Å². The van der Waals surface area contributed by atoms with Gasteiger partial charge >= 0.3 is 0 Å². The van der Waals surface area contributed by atoms with E-state index in [2.05, 4.69) is 0 Å². The van der Waals surface area contributed by atoms with Gasteiger partial charge in [0.25, 0.3) is 11.8 Å². The van der Waals surface area contributed by atoms with E-state index < -0.39 is 0 Å². The summed E-state index contributed by atoms with van der Waals surface area (Å²) in [7, 11) is 1.20. The van der Waals surface area contributed by atoms with E-state index in [1.54, 1.807) is 24.3 Å². The van der Waals surface area contributed by atoms with Gasteiger partial charge in [-0.25, -0.2) is 0 Å². The van der Waals surface area contributed by atoms with Crippen LogP contribution in [0.5, 0.6) is 0 Å². The van der Waals surface area contributed by atoms with Gasteiger partial charge in [0.05, 0.1) is 22.2 Å². The maximum absolute atomic E-state index is 11.8. The van der Waals surface area contributed by atoms with Crippen LogP contribution >= 0.6 is 21.9 Å². The Balaban J connectivity index is 2.15. The molecule has 1 aliphatic rings. The summed E-state index contributed by atoms with van der Waals surface area (Å²) in [5, 5.41) is 0. The highest BCUT2D eigenvalue weighted by molar-refractivity contribution is 8.74. The van der Waals surface area contributed by atoms with E-state index in [1.165, 1.54) is 15.7 Å². The summed E-state index contributed by atoms with van der Waals surface area (Å²) in [6.45, 7) is 0.324. The highest BCUT2D eigenvalue weighted by Gasteiger charge is 2.34. The van der Waals surface area contributed by atoms with Crippen molar-refractivity contribution < 1.29 is 14.1 Å². The van der Waals surface area contributed by atoms with E-state index in [0.29, 0.717) is 34.5 Å². The Labute approximate surface area is 101 Å². The van der Waals surface area contributed by atoms with Crippen molar-refractivity contribution in [1.29, 1.82) is 0 Å². The minimum atomic E-state index is -0.246. The van der Waals surface area contributed by atoms with Crippen molar-refractivity contribution in [2.75, 3.05) is 12.3 Å². The molecule has 6 heteroatoms. The molecule has 4 nitrogen and oxygen atoms in total. The lowest BCUT2D eigenvalue weighted by Gasteiger charge is -2.12. The Morgan fingerprint density at radius 2 is 1.69 bits per heavy atom. The maximum atomic E-state index is 11.8. The first kappa shape index (κ1) is 11.5. The number of rotatable bonds is 4. The Morgan fingerprint density at radius 1 is 1.12 bits per heavy atom. The molecule has 0 saturated heterocycles. The lowest BCUT2D eigenvalue weighted by molar-refractivity contribution is 0.0664. The normalized spacial score (nSPS) is 14.4. The largest absolute Gasteiger partial charge is 0.321 e. The molecule has 2 amide bonds. The average Bonchev–Trinajstić information content (AvgIpc) is 2.55. The van der Waals surface area contributed by atoms with Crippen LogP contribution in [0.3, 0.4) is 0 Å². The third-order valence-electron chi connectivity index (χ3n) is 2.33. The quantitative estimate of drug-likeness (QED) is 0.386. The average molecular weight is 255 g/mol. The van der Waals surface area contributed by atoms with Crippen molar-refractivity contribution in [3.05, 3.63) is 35.4 Å². The molecule has 0 aromatic heterocycles. The molecule has 0 radical (unpaired) electrons. The Morgan fingerprint density at radius 3 is 2.19 bits per heavy atom. The van der Waals surface area contributed by atoms with Crippen LogP contribution in [0.15, 0.2) is 24.3 Å². The van der Waals surface area contributed by atoms with Crippen LogP contribution in [0, 0.1) is 0 Å². The van der Waals surface area contributed by atoms with Gasteiger partial charge in [-0.15, -0.1) is 0 Å². The highest BCUT2D eigenvalue weighted by Crippen LogP contribution is 2.23. The summed E-state index contributed by atoms with van der Waals surface area (Å²) in [6, 6.07) is 6.80. The molecule has 1 aromatic rings. The predicted octanol–water partition coefficient (Wildman–Crippen LogP) is 2.14. The van der Waals surface area contributed by atoms with Crippen LogP contribution in [0.2, 0.25) is 0 Å². The van der Waals surface area contributed by atoms with Crippen LogP contribution < -0.4 is 0 Å². The first-order chi connectivity index (χ1) is 7.75. The number of fused-ring (bicyclic) bond motifs is 1. The zero-order valence-electron chi connectivity index (χ0n) is 8.25. The van der Waals surface area contributed by atoms with Gasteiger partial charge in [-0.3, -0.25) is 14.5 Å². The third-order valence-corrected chi connectivity index (χ3v) is 3.60. The number of benzene rings is 1. The SMILES string of the molecule is O=C1c2ccccc2C(=O)N1CCSSO. The van der Waals surface area contributed by atoms with Crippen molar-refractivity contribution in [3.8, 4) is 0 Å². The molecule has 1 heterocycles. The van der Waals surface area contributed by atoms with E-state index in [-0.39, 0.29) is 11.8 Å². The molecular weight excluding hydrogens is 246 g/mol. The van der Waals surface area contributed by atoms with Crippen LogP contribution in [0.1, 0.15) is 20.7 Å². The molecule has 0 fully saturated rings. The van der Waals surface area contributed by atoms with Crippen molar-refractivity contribution in [2.24, 2.45) is 0 Å². The van der Waals surface area contributed by atoms with E-state index in [9.17, 15) is 9.59 Å². The molecule has 16 heavy (non-hydrogen) atoms. The fourth-order valence-corrected chi connectivity index (χ4v) is 2.39. The monoisotopic (exact) mass is 255 g/mol. The number of amides is 2. The predicted molar refractivity (Wildman–Crippen MR) is 64.5 cm³/mol. The summed E-state index contributed by atoms with van der Waals surface area (Å²) < 4.78 is 8.54. The van der Waals surface area contributed by atoms with Crippen molar-refractivity contribution in [1.82, 2.24) is 4.90 Å². The van der Waals surface area contributed by atoms with Crippen LogP contribution in [-0.4, -0.2) is 33.6 Å². The fraction of sp³-hybridized carbons (Fsp3) is 0.200. The fourth-order valence-electron chi connectivity index (χ4n) is 1.61. The number of hydrogen-bond acceptors (Lipinski definition) is 5.